The zero-order valence-electron chi connectivity index (χ0n) is 10.2. The lowest BCUT2D eigenvalue weighted by Gasteiger charge is -2.00. The summed E-state index contributed by atoms with van der Waals surface area (Å²) in [6.07, 6.45) is -2.99. The minimum Gasteiger partial charge on any atom is -0.330 e. The van der Waals surface area contributed by atoms with Gasteiger partial charge >= 0.3 is 6.18 Å². The zero-order valence-corrected chi connectivity index (χ0v) is 10.9. The Morgan fingerprint density at radius 1 is 1.25 bits per heavy atom. The number of hydrogen-bond acceptors (Lipinski definition) is 2. The summed E-state index contributed by atoms with van der Waals surface area (Å²) >= 11 is 5.81. The molecular weight excluding hydrogens is 293 g/mol. The summed E-state index contributed by atoms with van der Waals surface area (Å²) < 4.78 is 39.1. The van der Waals surface area contributed by atoms with E-state index in [1.807, 2.05) is 0 Å². The largest absolute Gasteiger partial charge is 0.435 e. The molecule has 1 N–H and O–H groups in total. The van der Waals surface area contributed by atoms with Gasteiger partial charge in [0.1, 0.15) is 10.8 Å². The fourth-order valence-corrected chi connectivity index (χ4v) is 2.21. The summed E-state index contributed by atoms with van der Waals surface area (Å²) in [5, 5.41) is 4.62. The number of aromatic amines is 1. The molecule has 0 aromatic carbocycles. The van der Waals surface area contributed by atoms with Crippen LogP contribution < -0.4 is 0 Å². The first kappa shape index (κ1) is 13.0. The fraction of sp³-hybridized carbons (Fsp3) is 0.167. The molecule has 8 heteroatoms. The Bertz CT molecular complexity index is 788. The first-order valence-corrected chi connectivity index (χ1v) is 5.98. The number of alkyl halides is 3. The minimum atomic E-state index is -4.47. The van der Waals surface area contributed by atoms with Crippen molar-refractivity contribution < 1.29 is 13.2 Å². The normalized spacial score (nSPS) is 12.2. The van der Waals surface area contributed by atoms with E-state index >= 15 is 0 Å². The second-order valence-corrected chi connectivity index (χ2v) is 4.72. The first-order valence-electron chi connectivity index (χ1n) is 5.60. The van der Waals surface area contributed by atoms with E-state index in [4.69, 9.17) is 11.6 Å². The van der Waals surface area contributed by atoms with Gasteiger partial charge in [0.25, 0.3) is 0 Å². The van der Waals surface area contributed by atoms with Crippen molar-refractivity contribution in [1.82, 2.24) is 19.7 Å². The van der Waals surface area contributed by atoms with Crippen LogP contribution in [0.4, 0.5) is 13.2 Å². The highest BCUT2D eigenvalue weighted by Gasteiger charge is 2.34. The lowest BCUT2D eigenvalue weighted by molar-refractivity contribution is -0.141. The Balaban J connectivity index is 2.12. The van der Waals surface area contributed by atoms with Crippen molar-refractivity contribution in [3.8, 4) is 11.3 Å². The molecule has 3 rings (SSSR count). The molecule has 0 aliphatic carbocycles. The highest BCUT2D eigenvalue weighted by Crippen LogP contribution is 2.32. The van der Waals surface area contributed by atoms with Crippen LogP contribution in [-0.2, 0) is 13.2 Å². The summed E-state index contributed by atoms with van der Waals surface area (Å²) in [5.74, 6) is 0. The molecule has 0 atom stereocenters. The van der Waals surface area contributed by atoms with Crippen LogP contribution in [-0.4, -0.2) is 19.7 Å². The number of hydrogen-bond donors (Lipinski definition) is 1. The highest BCUT2D eigenvalue weighted by molar-refractivity contribution is 6.30. The summed E-state index contributed by atoms with van der Waals surface area (Å²) in [5.41, 5.74) is 0.530. The quantitative estimate of drug-likeness (QED) is 0.746. The van der Waals surface area contributed by atoms with E-state index in [-0.39, 0.29) is 0 Å². The predicted molar refractivity (Wildman–Crippen MR) is 68.3 cm³/mol. The van der Waals surface area contributed by atoms with Crippen LogP contribution in [0, 0.1) is 0 Å². The third-order valence-electron chi connectivity index (χ3n) is 2.90. The molecule has 0 radical (unpaired) electrons. The van der Waals surface area contributed by atoms with Gasteiger partial charge in [-0.25, -0.2) is 4.98 Å². The van der Waals surface area contributed by atoms with E-state index in [9.17, 15) is 13.2 Å². The van der Waals surface area contributed by atoms with Crippen molar-refractivity contribution in [2.45, 2.75) is 6.18 Å². The van der Waals surface area contributed by atoms with E-state index in [1.54, 1.807) is 12.1 Å². The number of pyridine rings is 1. The van der Waals surface area contributed by atoms with Crippen molar-refractivity contribution in [3.63, 3.8) is 0 Å². The summed E-state index contributed by atoms with van der Waals surface area (Å²) in [6, 6.07) is 4.37. The van der Waals surface area contributed by atoms with Crippen LogP contribution in [0.15, 0.2) is 24.4 Å². The van der Waals surface area contributed by atoms with Gasteiger partial charge < -0.3 is 4.98 Å². The monoisotopic (exact) mass is 300 g/mol. The Morgan fingerprint density at radius 3 is 2.65 bits per heavy atom. The topological polar surface area (TPSA) is 46.5 Å². The Labute approximate surface area is 116 Å². The van der Waals surface area contributed by atoms with Gasteiger partial charge in [0.05, 0.1) is 5.69 Å². The molecule has 3 aromatic heterocycles. The number of halogens is 4. The molecule has 20 heavy (non-hydrogen) atoms. The number of H-pyrrole nitrogens is 1. The molecule has 0 amide bonds. The summed E-state index contributed by atoms with van der Waals surface area (Å²) in [6.45, 7) is 0. The SMILES string of the molecule is Cn1nc(C(F)(F)F)cc1-c1cnc2[nH]c(Cl)cc2c1. The van der Waals surface area contributed by atoms with Gasteiger partial charge in [-0.15, -0.1) is 0 Å². The van der Waals surface area contributed by atoms with Gasteiger partial charge in [0.2, 0.25) is 0 Å². The number of nitrogens with zero attached hydrogens (tertiary/aromatic N) is 3. The maximum Gasteiger partial charge on any atom is 0.435 e. The van der Waals surface area contributed by atoms with Crippen molar-refractivity contribution in [1.29, 1.82) is 0 Å². The maximum absolute atomic E-state index is 12.6. The molecule has 0 aliphatic heterocycles. The molecule has 0 aliphatic rings. The van der Waals surface area contributed by atoms with Gasteiger partial charge in [0, 0.05) is 24.2 Å². The lowest BCUT2D eigenvalue weighted by Crippen LogP contribution is -2.06. The molecular formula is C12H8ClF3N4. The molecule has 0 saturated carbocycles. The molecule has 3 aromatic rings. The number of rotatable bonds is 1. The molecule has 104 valence electrons. The number of aromatic nitrogens is 4. The van der Waals surface area contributed by atoms with Crippen molar-refractivity contribution in [2.75, 3.05) is 0 Å². The van der Waals surface area contributed by atoms with Crippen LogP contribution in [0.5, 0.6) is 0 Å². The van der Waals surface area contributed by atoms with Gasteiger partial charge in [-0.2, -0.15) is 18.3 Å². The van der Waals surface area contributed by atoms with Crippen molar-refractivity contribution >= 4 is 22.6 Å². The van der Waals surface area contributed by atoms with E-state index in [1.165, 1.54) is 17.9 Å². The number of nitrogens with one attached hydrogen (secondary N) is 1. The van der Waals surface area contributed by atoms with Crippen LogP contribution in [0.2, 0.25) is 5.15 Å². The molecule has 0 unspecified atom stereocenters. The molecule has 3 heterocycles. The second kappa shape index (κ2) is 4.24. The van der Waals surface area contributed by atoms with Crippen LogP contribution in [0.25, 0.3) is 22.3 Å². The summed E-state index contributed by atoms with van der Waals surface area (Å²) in [4.78, 5) is 6.96. The first-order chi connectivity index (χ1) is 9.34. The Hall–Kier alpha value is -2.02. The van der Waals surface area contributed by atoms with E-state index < -0.39 is 11.9 Å². The average Bonchev–Trinajstić information content (AvgIpc) is 2.89. The van der Waals surface area contributed by atoms with E-state index in [0.717, 1.165) is 11.5 Å². The van der Waals surface area contributed by atoms with Crippen LogP contribution >= 0.6 is 11.6 Å². The van der Waals surface area contributed by atoms with Gasteiger partial charge in [-0.3, -0.25) is 4.68 Å². The van der Waals surface area contributed by atoms with E-state index in [2.05, 4.69) is 15.1 Å². The van der Waals surface area contributed by atoms with Gasteiger partial charge in [-0.1, -0.05) is 11.6 Å². The van der Waals surface area contributed by atoms with Gasteiger partial charge in [-0.05, 0) is 18.2 Å². The third kappa shape index (κ3) is 2.14. The highest BCUT2D eigenvalue weighted by atomic mass is 35.5. The molecule has 4 nitrogen and oxygen atoms in total. The zero-order chi connectivity index (χ0) is 14.5. The Morgan fingerprint density at radius 2 is 2.00 bits per heavy atom. The van der Waals surface area contributed by atoms with Crippen molar-refractivity contribution in [2.24, 2.45) is 7.05 Å². The molecule has 0 bridgehead atoms. The maximum atomic E-state index is 12.6. The smallest absolute Gasteiger partial charge is 0.330 e. The van der Waals surface area contributed by atoms with Gasteiger partial charge in [0.15, 0.2) is 5.69 Å². The van der Waals surface area contributed by atoms with E-state index in [0.29, 0.717) is 22.1 Å². The summed E-state index contributed by atoms with van der Waals surface area (Å²) in [7, 11) is 1.46. The Kier molecular flexibility index (Phi) is 2.75. The number of aryl methyl sites for hydroxylation is 1. The van der Waals surface area contributed by atoms with Crippen LogP contribution in [0.1, 0.15) is 5.69 Å². The number of fused-ring (bicyclic) bond motifs is 1. The predicted octanol–water partition coefficient (Wildman–Crippen LogP) is 3.64. The molecule has 0 fully saturated rings. The average molecular weight is 301 g/mol. The van der Waals surface area contributed by atoms with Crippen molar-refractivity contribution in [3.05, 3.63) is 35.2 Å². The van der Waals surface area contributed by atoms with Crippen LogP contribution in [0.3, 0.4) is 0 Å². The molecule has 0 spiro atoms. The molecule has 0 saturated heterocycles. The standard InChI is InChI=1S/C12H8ClF3N4/c1-20-8(4-9(19-20)12(14,15)16)7-2-6-3-10(13)18-11(6)17-5-7/h2-5H,1H3,(H,17,18). The second-order valence-electron chi connectivity index (χ2n) is 4.32. The minimum absolute atomic E-state index is 0.337. The third-order valence-corrected chi connectivity index (χ3v) is 3.11. The lowest BCUT2D eigenvalue weighted by atomic mass is 10.1. The fourth-order valence-electron chi connectivity index (χ4n) is 2.00.